The van der Waals surface area contributed by atoms with Gasteiger partial charge in [0.15, 0.2) is 0 Å². The number of nitrogens with two attached hydrogens (primary N) is 1. The molecule has 0 aliphatic carbocycles. The van der Waals surface area contributed by atoms with Crippen molar-refractivity contribution in [1.82, 2.24) is 14.3 Å². The zero-order valence-corrected chi connectivity index (χ0v) is 26.1. The molecule has 0 fully saturated rings. The Hall–Kier alpha value is -2.95. The highest BCUT2D eigenvalue weighted by atomic mass is 35.5. The molecule has 1 aromatic carbocycles. The third-order valence-electron chi connectivity index (χ3n) is 7.11. The van der Waals surface area contributed by atoms with Crippen molar-refractivity contribution in [1.29, 1.82) is 0 Å². The lowest BCUT2D eigenvalue weighted by atomic mass is 9.97. The molecule has 2 aromatic heterocycles. The van der Waals surface area contributed by atoms with E-state index in [1.54, 1.807) is 18.8 Å². The quantitative estimate of drug-likeness (QED) is 0.126. The number of nitrogens with zero attached hydrogens (tertiary/aromatic N) is 4. The van der Waals surface area contributed by atoms with E-state index in [1.807, 2.05) is 29.8 Å². The van der Waals surface area contributed by atoms with E-state index in [0.717, 1.165) is 64.1 Å². The van der Waals surface area contributed by atoms with Gasteiger partial charge >= 0.3 is 11.9 Å². The number of ether oxygens (including phenoxy) is 2. The smallest absolute Gasteiger partial charge is 0.354 e. The highest BCUT2D eigenvalue weighted by Crippen LogP contribution is 2.44. The van der Waals surface area contributed by atoms with Crippen LogP contribution in [0.15, 0.2) is 28.9 Å². The van der Waals surface area contributed by atoms with Crippen LogP contribution in [0, 0.1) is 0 Å². The van der Waals surface area contributed by atoms with Crippen LogP contribution in [0.25, 0.3) is 22.0 Å². The van der Waals surface area contributed by atoms with Crippen molar-refractivity contribution in [3.63, 3.8) is 0 Å². The highest BCUT2D eigenvalue weighted by molar-refractivity contribution is 7.98. The molecule has 3 aromatic rings. The maximum absolute atomic E-state index is 13.0. The first-order chi connectivity index (χ1) is 19.7. The molecule has 0 unspecified atom stereocenters. The van der Waals surface area contributed by atoms with Crippen LogP contribution in [0.5, 0.6) is 0 Å². The minimum absolute atomic E-state index is 0.263. The first-order valence-corrected chi connectivity index (χ1v) is 15.4. The molecule has 0 saturated heterocycles. The van der Waals surface area contributed by atoms with Gasteiger partial charge in [-0.15, -0.1) is 23.4 Å². The average Bonchev–Trinajstić information content (AvgIpc) is 3.61. The van der Waals surface area contributed by atoms with E-state index in [2.05, 4.69) is 9.67 Å². The van der Waals surface area contributed by atoms with Crippen molar-refractivity contribution in [2.75, 3.05) is 32.4 Å². The normalized spacial score (nSPS) is 13.6. The molecule has 0 bridgehead atoms. The Labute approximate surface area is 254 Å². The van der Waals surface area contributed by atoms with Crippen LogP contribution in [0.2, 0.25) is 5.02 Å². The van der Waals surface area contributed by atoms with Crippen LogP contribution < -0.4 is 5.73 Å². The molecule has 1 aliphatic rings. The van der Waals surface area contributed by atoms with E-state index in [9.17, 15) is 9.59 Å². The van der Waals surface area contributed by atoms with Crippen LogP contribution in [-0.2, 0) is 46.5 Å². The van der Waals surface area contributed by atoms with Gasteiger partial charge in [-0.3, -0.25) is 14.5 Å². The van der Waals surface area contributed by atoms with Gasteiger partial charge in [-0.2, -0.15) is 5.10 Å². The number of hydrogen-bond donors (Lipinski definition) is 1. The van der Waals surface area contributed by atoms with Crippen molar-refractivity contribution < 1.29 is 19.1 Å². The van der Waals surface area contributed by atoms with Gasteiger partial charge in [-0.05, 0) is 43.4 Å². The van der Waals surface area contributed by atoms with Crippen LogP contribution >= 0.6 is 35.0 Å². The number of allylic oxidation sites excluding steroid dienone is 1. The molecule has 0 saturated carbocycles. The van der Waals surface area contributed by atoms with Gasteiger partial charge in [-0.25, -0.2) is 4.79 Å². The predicted octanol–water partition coefficient (Wildman–Crippen LogP) is 5.31. The van der Waals surface area contributed by atoms with Gasteiger partial charge in [-0.1, -0.05) is 17.7 Å². The van der Waals surface area contributed by atoms with E-state index in [0.29, 0.717) is 46.6 Å². The molecule has 0 amide bonds. The summed E-state index contributed by atoms with van der Waals surface area (Å²) in [5.41, 5.74) is 13.7. The van der Waals surface area contributed by atoms with Gasteiger partial charge < -0.3 is 19.8 Å². The fraction of sp³-hybridized carbons (Fsp3) is 0.448. The number of esters is 2. The number of aromatic nitrogens is 3. The Balaban J connectivity index is 1.79. The number of rotatable bonds is 12. The number of fused-ring (bicyclic) bond motifs is 2. The van der Waals surface area contributed by atoms with Crippen LogP contribution in [0.4, 0.5) is 0 Å². The maximum Gasteiger partial charge on any atom is 0.354 e. The van der Waals surface area contributed by atoms with Crippen molar-refractivity contribution in [3.05, 3.63) is 51.6 Å². The largest absolute Gasteiger partial charge is 0.466 e. The zero-order chi connectivity index (χ0) is 29.7. The molecule has 12 heteroatoms. The van der Waals surface area contributed by atoms with E-state index >= 15 is 0 Å². The highest BCUT2D eigenvalue weighted by Gasteiger charge is 2.30. The summed E-state index contributed by atoms with van der Waals surface area (Å²) in [5.74, 6) is 0.760. The maximum atomic E-state index is 13.0. The molecule has 0 spiro atoms. The Bertz CT molecular complexity index is 1530. The fourth-order valence-corrected chi connectivity index (χ4v) is 6.63. The van der Waals surface area contributed by atoms with Gasteiger partial charge in [0.1, 0.15) is 5.69 Å². The molecule has 3 heterocycles. The number of halogens is 2. The molecule has 9 nitrogen and oxygen atoms in total. The monoisotopic (exact) mass is 619 g/mol. The molecule has 0 radical (unpaired) electrons. The summed E-state index contributed by atoms with van der Waals surface area (Å²) in [6, 6.07) is 3.83. The SMILES string of the molecule is CN=C(/C=C(\N)CSCc1nn2c(c1-c1c(Cl)ccc3c(CCCOC(C)=O)c(C(=O)OC)n(C)c13)CCC2)CCl. The van der Waals surface area contributed by atoms with Crippen molar-refractivity contribution in [2.24, 2.45) is 17.8 Å². The predicted molar refractivity (Wildman–Crippen MR) is 166 cm³/mol. The van der Waals surface area contributed by atoms with Crippen LogP contribution in [0.3, 0.4) is 0 Å². The van der Waals surface area contributed by atoms with Crippen molar-refractivity contribution in [3.8, 4) is 11.1 Å². The lowest BCUT2D eigenvalue weighted by Gasteiger charge is -2.12. The van der Waals surface area contributed by atoms with E-state index in [1.165, 1.54) is 14.0 Å². The summed E-state index contributed by atoms with van der Waals surface area (Å²) in [7, 11) is 4.93. The Morgan fingerprint density at radius 1 is 1.29 bits per heavy atom. The standard InChI is InChI=1S/C29H35Cl2N5O4S/c1-17(37)40-12-6-7-20-21-9-10-22(31)25(27(21)35(3)28(20)29(38)39-4)26-23(34-36-11-5-8-24(26)36)16-41-15-18(32)13-19(14-30)33-2/h9-10,13H,5-8,11-12,14-16,32H2,1-4H3/b18-13-,33-19?. The fourth-order valence-electron chi connectivity index (χ4n) is 5.37. The van der Waals surface area contributed by atoms with Gasteiger partial charge in [0.2, 0.25) is 0 Å². The topological polar surface area (TPSA) is 114 Å². The number of benzene rings is 1. The van der Waals surface area contributed by atoms with Crippen molar-refractivity contribution in [2.45, 2.75) is 44.9 Å². The number of carbonyl (C=O) groups excluding carboxylic acids is 2. The minimum atomic E-state index is -0.432. The second-order valence-electron chi connectivity index (χ2n) is 9.80. The van der Waals surface area contributed by atoms with Crippen LogP contribution in [-0.4, -0.2) is 64.4 Å². The number of carbonyl (C=O) groups is 2. The molecular formula is C29H35Cl2N5O4S. The second kappa shape index (κ2) is 13.8. The molecule has 220 valence electrons. The molecular weight excluding hydrogens is 585 g/mol. The first kappa shape index (κ1) is 31.0. The first-order valence-electron chi connectivity index (χ1n) is 13.4. The Morgan fingerprint density at radius 2 is 2.07 bits per heavy atom. The number of thioether (sulfide) groups is 1. The summed E-state index contributed by atoms with van der Waals surface area (Å²) in [6.45, 7) is 2.49. The molecule has 2 N–H and O–H groups in total. The minimum Gasteiger partial charge on any atom is -0.466 e. The van der Waals surface area contributed by atoms with Gasteiger partial charge in [0.25, 0.3) is 0 Å². The number of aliphatic imine (C=N–C) groups is 1. The van der Waals surface area contributed by atoms with E-state index < -0.39 is 5.97 Å². The number of aryl methyl sites for hydroxylation is 3. The summed E-state index contributed by atoms with van der Waals surface area (Å²) in [5, 5.41) is 6.47. The molecule has 4 rings (SSSR count). The second-order valence-corrected chi connectivity index (χ2v) is 11.5. The summed E-state index contributed by atoms with van der Waals surface area (Å²) in [4.78, 5) is 28.4. The third-order valence-corrected chi connectivity index (χ3v) is 8.72. The van der Waals surface area contributed by atoms with E-state index in [4.69, 9.17) is 43.5 Å². The zero-order valence-electron chi connectivity index (χ0n) is 23.8. The van der Waals surface area contributed by atoms with Crippen molar-refractivity contribution >= 4 is 63.5 Å². The summed E-state index contributed by atoms with van der Waals surface area (Å²) < 4.78 is 14.3. The van der Waals surface area contributed by atoms with E-state index in [-0.39, 0.29) is 12.6 Å². The number of methoxy groups -OCH3 is 1. The summed E-state index contributed by atoms with van der Waals surface area (Å²) >= 11 is 14.5. The Kier molecular flexibility index (Phi) is 10.4. The van der Waals surface area contributed by atoms with Crippen LogP contribution in [0.1, 0.15) is 47.2 Å². The molecule has 1 aliphatic heterocycles. The summed E-state index contributed by atoms with van der Waals surface area (Å²) in [6.07, 6.45) is 4.80. The number of hydrogen-bond acceptors (Lipinski definition) is 8. The third kappa shape index (κ3) is 6.60. The average molecular weight is 621 g/mol. The lowest BCUT2D eigenvalue weighted by molar-refractivity contribution is -0.141. The Morgan fingerprint density at radius 3 is 2.76 bits per heavy atom. The molecule has 0 atom stereocenters. The van der Waals surface area contributed by atoms with Gasteiger partial charge in [0, 0.05) is 67.0 Å². The van der Waals surface area contributed by atoms with Gasteiger partial charge in [0.05, 0.1) is 41.5 Å². The number of alkyl halides is 1. The molecule has 41 heavy (non-hydrogen) atoms. The lowest BCUT2D eigenvalue weighted by Crippen LogP contribution is -2.11.